The molecular weight excluding hydrogens is 352 g/mol. The minimum atomic E-state index is -3.44. The Morgan fingerprint density at radius 3 is 2.50 bits per heavy atom. The molecule has 1 aliphatic heterocycles. The number of sulfonamides is 1. The van der Waals surface area contributed by atoms with E-state index in [2.05, 4.69) is 9.97 Å². The third-order valence-corrected chi connectivity index (χ3v) is 5.75. The number of piperazine rings is 1. The smallest absolute Gasteiger partial charge is 0.236 e. The molecule has 7 nitrogen and oxygen atoms in total. The molecule has 8 heteroatoms. The van der Waals surface area contributed by atoms with Crippen LogP contribution in [0.3, 0.4) is 0 Å². The summed E-state index contributed by atoms with van der Waals surface area (Å²) in [6.07, 6.45) is 3.69. The van der Waals surface area contributed by atoms with Crippen LogP contribution in [-0.2, 0) is 16.4 Å². The van der Waals surface area contributed by atoms with E-state index >= 15 is 0 Å². The first-order chi connectivity index (χ1) is 12.6. The number of rotatable bonds is 6. The van der Waals surface area contributed by atoms with Gasteiger partial charge in [-0.2, -0.15) is 4.31 Å². The highest BCUT2D eigenvalue weighted by Gasteiger charge is 2.25. The van der Waals surface area contributed by atoms with Crippen molar-refractivity contribution in [3.63, 3.8) is 0 Å². The molecule has 0 radical (unpaired) electrons. The fourth-order valence-electron chi connectivity index (χ4n) is 2.77. The molecule has 0 atom stereocenters. The van der Waals surface area contributed by atoms with Crippen LogP contribution in [0.1, 0.15) is 11.4 Å². The fraction of sp³-hybridized carbons (Fsp3) is 0.333. The third kappa shape index (κ3) is 4.66. The minimum absolute atomic E-state index is 0.00320. The average Bonchev–Trinajstić information content (AvgIpc) is 2.68. The topological polar surface area (TPSA) is 86.6 Å². The molecule has 1 N–H and O–H groups in total. The van der Waals surface area contributed by atoms with Gasteiger partial charge in [0, 0.05) is 44.2 Å². The molecule has 1 fully saturated rings. The van der Waals surface area contributed by atoms with Gasteiger partial charge in [-0.05, 0) is 17.7 Å². The van der Waals surface area contributed by atoms with E-state index in [1.807, 2.05) is 35.2 Å². The molecule has 138 valence electrons. The molecule has 0 unspecified atom stereocenters. The van der Waals surface area contributed by atoms with Crippen molar-refractivity contribution in [3.05, 3.63) is 59.4 Å². The lowest BCUT2D eigenvalue weighted by molar-refractivity contribution is 0.296. The molecule has 26 heavy (non-hydrogen) atoms. The molecule has 0 spiro atoms. The summed E-state index contributed by atoms with van der Waals surface area (Å²) < 4.78 is 26.5. The lowest BCUT2D eigenvalue weighted by atomic mass is 10.2. The van der Waals surface area contributed by atoms with E-state index in [0.717, 1.165) is 11.4 Å². The Morgan fingerprint density at radius 2 is 1.81 bits per heavy atom. The molecule has 3 rings (SSSR count). The van der Waals surface area contributed by atoms with Crippen LogP contribution in [0, 0.1) is 0 Å². The van der Waals surface area contributed by atoms with Crippen molar-refractivity contribution in [1.29, 1.82) is 0 Å². The normalized spacial score (nSPS) is 16.3. The Labute approximate surface area is 153 Å². The Hall–Kier alpha value is -2.29. The van der Waals surface area contributed by atoms with Gasteiger partial charge in [0.1, 0.15) is 11.6 Å². The van der Waals surface area contributed by atoms with E-state index in [9.17, 15) is 8.42 Å². The Balaban J connectivity index is 1.62. The van der Waals surface area contributed by atoms with Gasteiger partial charge in [-0.1, -0.05) is 30.3 Å². The monoisotopic (exact) mass is 374 g/mol. The number of benzene rings is 1. The maximum atomic E-state index is 12.5. The third-order valence-electron chi connectivity index (χ3n) is 4.18. The Morgan fingerprint density at radius 1 is 1.08 bits per heavy atom. The number of aliphatic hydroxyl groups excluding tert-OH is 1. The SMILES string of the molecule is O=S(=O)(C=Cc1ccccc1)N1CCN(c2ccnc(CCO)n2)CC1. The number of aromatic nitrogens is 2. The van der Waals surface area contributed by atoms with E-state index in [4.69, 9.17) is 5.11 Å². The highest BCUT2D eigenvalue weighted by atomic mass is 32.2. The summed E-state index contributed by atoms with van der Waals surface area (Å²) in [6, 6.07) is 11.2. The van der Waals surface area contributed by atoms with E-state index < -0.39 is 10.0 Å². The largest absolute Gasteiger partial charge is 0.396 e. The molecule has 2 heterocycles. The zero-order chi connectivity index (χ0) is 18.4. The van der Waals surface area contributed by atoms with Gasteiger partial charge in [-0.15, -0.1) is 0 Å². The Kier molecular flexibility index (Phi) is 5.97. The molecule has 1 saturated heterocycles. The van der Waals surface area contributed by atoms with E-state index in [1.165, 1.54) is 9.71 Å². The summed E-state index contributed by atoms with van der Waals surface area (Å²) in [4.78, 5) is 10.6. The first kappa shape index (κ1) is 18.5. The van der Waals surface area contributed by atoms with Crippen molar-refractivity contribution in [3.8, 4) is 0 Å². The second kappa shape index (κ2) is 8.39. The quantitative estimate of drug-likeness (QED) is 0.816. The number of anilines is 1. The molecule has 0 aliphatic carbocycles. The predicted molar refractivity (Wildman–Crippen MR) is 101 cm³/mol. The number of hydrogen-bond donors (Lipinski definition) is 1. The standard InChI is InChI=1S/C18H22N4O3S/c23-14-7-17-19-9-6-18(20-17)21-10-12-22(13-11-21)26(24,25)15-8-16-4-2-1-3-5-16/h1-6,8-9,15,23H,7,10-14H2. The van der Waals surface area contributed by atoms with Gasteiger partial charge in [0.05, 0.1) is 6.61 Å². The van der Waals surface area contributed by atoms with Gasteiger partial charge in [0.15, 0.2) is 0 Å². The molecule has 0 saturated carbocycles. The van der Waals surface area contributed by atoms with Crippen LogP contribution < -0.4 is 4.90 Å². The zero-order valence-electron chi connectivity index (χ0n) is 14.4. The maximum Gasteiger partial charge on any atom is 0.236 e. The van der Waals surface area contributed by atoms with Crippen molar-refractivity contribution in [2.75, 3.05) is 37.7 Å². The van der Waals surface area contributed by atoms with Crippen LogP contribution in [0.25, 0.3) is 6.08 Å². The highest BCUT2D eigenvalue weighted by molar-refractivity contribution is 7.92. The Bertz CT molecular complexity index is 848. The average molecular weight is 374 g/mol. The van der Waals surface area contributed by atoms with Gasteiger partial charge >= 0.3 is 0 Å². The maximum absolute atomic E-state index is 12.5. The molecule has 1 aromatic carbocycles. The second-order valence-corrected chi connectivity index (χ2v) is 7.77. The lowest BCUT2D eigenvalue weighted by Gasteiger charge is -2.34. The highest BCUT2D eigenvalue weighted by Crippen LogP contribution is 2.16. The first-order valence-corrected chi connectivity index (χ1v) is 10.00. The van der Waals surface area contributed by atoms with Crippen LogP contribution in [0.5, 0.6) is 0 Å². The zero-order valence-corrected chi connectivity index (χ0v) is 15.2. The van der Waals surface area contributed by atoms with E-state index in [0.29, 0.717) is 38.4 Å². The van der Waals surface area contributed by atoms with Gasteiger partial charge in [-0.3, -0.25) is 0 Å². The van der Waals surface area contributed by atoms with Crippen molar-refractivity contribution in [2.45, 2.75) is 6.42 Å². The van der Waals surface area contributed by atoms with Crippen LogP contribution >= 0.6 is 0 Å². The second-order valence-electron chi connectivity index (χ2n) is 5.95. The summed E-state index contributed by atoms with van der Waals surface area (Å²) in [6.45, 7) is 1.94. The van der Waals surface area contributed by atoms with E-state index in [1.54, 1.807) is 18.3 Å². The van der Waals surface area contributed by atoms with Crippen molar-refractivity contribution in [1.82, 2.24) is 14.3 Å². The summed E-state index contributed by atoms with van der Waals surface area (Å²) in [5.41, 5.74) is 0.854. The predicted octanol–water partition coefficient (Wildman–Crippen LogP) is 1.13. The van der Waals surface area contributed by atoms with Crippen LogP contribution in [0.2, 0.25) is 0 Å². The van der Waals surface area contributed by atoms with Crippen molar-refractivity contribution >= 4 is 21.9 Å². The number of nitrogens with zero attached hydrogens (tertiary/aromatic N) is 4. The van der Waals surface area contributed by atoms with E-state index in [-0.39, 0.29) is 6.61 Å². The summed E-state index contributed by atoms with van der Waals surface area (Å²) in [5.74, 6) is 1.35. The van der Waals surface area contributed by atoms with Gasteiger partial charge < -0.3 is 10.0 Å². The van der Waals surface area contributed by atoms with Crippen LogP contribution in [0.4, 0.5) is 5.82 Å². The molecule has 1 aliphatic rings. The van der Waals surface area contributed by atoms with Gasteiger partial charge in [0.2, 0.25) is 10.0 Å². The molecule has 0 bridgehead atoms. The van der Waals surface area contributed by atoms with Crippen LogP contribution in [-0.4, -0.2) is 60.6 Å². The lowest BCUT2D eigenvalue weighted by Crippen LogP contribution is -2.48. The molecule has 2 aromatic rings. The minimum Gasteiger partial charge on any atom is -0.396 e. The first-order valence-electron chi connectivity index (χ1n) is 8.49. The van der Waals surface area contributed by atoms with Gasteiger partial charge in [0.25, 0.3) is 0 Å². The number of aliphatic hydroxyl groups is 1. The summed E-state index contributed by atoms with van der Waals surface area (Å²) >= 11 is 0. The molecule has 1 aromatic heterocycles. The summed E-state index contributed by atoms with van der Waals surface area (Å²) in [5, 5.41) is 10.3. The van der Waals surface area contributed by atoms with Crippen molar-refractivity contribution < 1.29 is 13.5 Å². The van der Waals surface area contributed by atoms with Gasteiger partial charge in [-0.25, -0.2) is 18.4 Å². The molecular formula is C18H22N4O3S. The summed E-state index contributed by atoms with van der Waals surface area (Å²) in [7, 11) is -3.44. The van der Waals surface area contributed by atoms with Crippen molar-refractivity contribution in [2.24, 2.45) is 0 Å². The fourth-order valence-corrected chi connectivity index (χ4v) is 3.94. The van der Waals surface area contributed by atoms with Crippen LogP contribution in [0.15, 0.2) is 48.0 Å². The molecule has 0 amide bonds. The number of hydrogen-bond acceptors (Lipinski definition) is 6.